The second-order valence-electron chi connectivity index (χ2n) is 5.78. The molecule has 0 aromatic heterocycles. The van der Waals surface area contributed by atoms with E-state index >= 15 is 0 Å². The number of benzene rings is 2. The number of allylic oxidation sites excluding steroid dienone is 4. The zero-order chi connectivity index (χ0) is 17.6. The van der Waals surface area contributed by atoms with Crippen molar-refractivity contribution >= 4 is 39.0 Å². The van der Waals surface area contributed by atoms with Gasteiger partial charge in [0.15, 0.2) is 5.78 Å². The Kier molecular flexibility index (Phi) is 4.10. The topological polar surface area (TPSA) is 51.2 Å². The molecule has 0 saturated heterocycles. The van der Waals surface area contributed by atoms with Crippen LogP contribution in [0.4, 0.5) is 0 Å². The van der Waals surface area contributed by atoms with Gasteiger partial charge in [0.25, 0.3) is 0 Å². The van der Waals surface area contributed by atoms with Gasteiger partial charge in [0.1, 0.15) is 4.90 Å². The van der Waals surface area contributed by atoms with Crippen LogP contribution in [0.3, 0.4) is 0 Å². The maximum absolute atomic E-state index is 13.0. The molecule has 25 heavy (non-hydrogen) atoms. The highest BCUT2D eigenvalue weighted by molar-refractivity contribution is 8.03. The fraction of sp³-hybridized carbons (Fsp3) is 0.105. The van der Waals surface area contributed by atoms with Crippen molar-refractivity contribution in [2.75, 3.05) is 0 Å². The first-order chi connectivity index (χ1) is 12.0. The summed E-state index contributed by atoms with van der Waals surface area (Å²) in [5, 5.41) is 0.126. The van der Waals surface area contributed by atoms with Crippen LogP contribution in [-0.2, 0) is 9.84 Å². The fourth-order valence-corrected chi connectivity index (χ4v) is 6.36. The van der Waals surface area contributed by atoms with Gasteiger partial charge < -0.3 is 0 Å². The summed E-state index contributed by atoms with van der Waals surface area (Å²) in [6.45, 7) is 0. The number of halogens is 1. The number of thioether (sulfide) groups is 1. The summed E-state index contributed by atoms with van der Waals surface area (Å²) >= 11 is 7.91. The van der Waals surface area contributed by atoms with Gasteiger partial charge >= 0.3 is 0 Å². The lowest BCUT2D eigenvalue weighted by molar-refractivity contribution is 0.103. The standard InChI is InChI=1S/C19H13ClO3S2/c20-17-15(24-12-6-2-1-3-7-12)11-10-14-18(21)13-8-4-5-9-16(13)25(22,23)19(14)17/h1-2,4-6,8-11H,3,7H2. The van der Waals surface area contributed by atoms with Gasteiger partial charge in [-0.3, -0.25) is 4.79 Å². The van der Waals surface area contributed by atoms with E-state index in [1.807, 2.05) is 12.2 Å². The lowest BCUT2D eigenvalue weighted by Gasteiger charge is -2.21. The smallest absolute Gasteiger partial charge is 0.209 e. The normalized spacial score (nSPS) is 17.6. The monoisotopic (exact) mass is 388 g/mol. The molecule has 0 fully saturated rings. The van der Waals surface area contributed by atoms with E-state index in [0.717, 1.165) is 17.7 Å². The molecule has 0 radical (unpaired) electrons. The molecule has 126 valence electrons. The van der Waals surface area contributed by atoms with E-state index in [0.29, 0.717) is 4.90 Å². The van der Waals surface area contributed by atoms with Crippen LogP contribution in [0.5, 0.6) is 0 Å². The van der Waals surface area contributed by atoms with Crippen LogP contribution >= 0.6 is 23.4 Å². The first kappa shape index (κ1) is 16.6. The number of carbonyl (C=O) groups excluding carboxylic acids is 1. The molecule has 0 amide bonds. The van der Waals surface area contributed by atoms with Crippen molar-refractivity contribution in [3.05, 3.63) is 75.7 Å². The Morgan fingerprint density at radius 3 is 2.60 bits per heavy atom. The van der Waals surface area contributed by atoms with Crippen molar-refractivity contribution in [2.45, 2.75) is 27.5 Å². The average Bonchev–Trinajstić information content (AvgIpc) is 2.62. The zero-order valence-corrected chi connectivity index (χ0v) is 15.4. The number of carbonyl (C=O) groups is 1. The number of fused-ring (bicyclic) bond motifs is 2. The Hall–Kier alpha value is -1.82. The molecular weight excluding hydrogens is 376 g/mol. The van der Waals surface area contributed by atoms with Gasteiger partial charge in [-0.1, -0.05) is 53.7 Å². The van der Waals surface area contributed by atoms with Crippen molar-refractivity contribution in [1.29, 1.82) is 0 Å². The van der Waals surface area contributed by atoms with Crippen LogP contribution in [0.2, 0.25) is 5.02 Å². The maximum Gasteiger partial charge on any atom is 0.209 e. The molecule has 0 bridgehead atoms. The Balaban J connectivity index is 1.89. The Bertz CT molecular complexity index is 1070. The Morgan fingerprint density at radius 1 is 1.04 bits per heavy atom. The molecular formula is C19H13ClO3S2. The first-order valence-corrected chi connectivity index (χ1v) is 10.4. The number of ketones is 1. The lowest BCUT2D eigenvalue weighted by Crippen LogP contribution is -2.20. The second kappa shape index (κ2) is 6.16. The number of hydrogen-bond donors (Lipinski definition) is 0. The molecule has 6 heteroatoms. The highest BCUT2D eigenvalue weighted by atomic mass is 35.5. The number of rotatable bonds is 2. The van der Waals surface area contributed by atoms with Crippen molar-refractivity contribution in [1.82, 2.24) is 0 Å². The quantitative estimate of drug-likeness (QED) is 0.616. The van der Waals surface area contributed by atoms with E-state index in [1.54, 1.807) is 24.3 Å². The SMILES string of the molecule is O=C1c2ccccc2S(=O)(=O)c2c1ccc(SC1=CC=CCC1)c2Cl. The van der Waals surface area contributed by atoms with Crippen molar-refractivity contribution in [2.24, 2.45) is 0 Å². The van der Waals surface area contributed by atoms with E-state index in [4.69, 9.17) is 11.6 Å². The maximum atomic E-state index is 13.0. The van der Waals surface area contributed by atoms with Gasteiger partial charge in [-0.05, 0) is 42.0 Å². The molecule has 4 rings (SSSR count). The predicted molar refractivity (Wildman–Crippen MR) is 99.1 cm³/mol. The first-order valence-electron chi connectivity index (χ1n) is 7.75. The van der Waals surface area contributed by atoms with Gasteiger partial charge in [-0.25, -0.2) is 8.42 Å². The van der Waals surface area contributed by atoms with Crippen LogP contribution in [0, 0.1) is 0 Å². The third kappa shape index (κ3) is 2.67. The van der Waals surface area contributed by atoms with Crippen LogP contribution in [0.1, 0.15) is 28.8 Å². The number of hydrogen-bond acceptors (Lipinski definition) is 4. The van der Waals surface area contributed by atoms with Gasteiger partial charge in [0.2, 0.25) is 9.84 Å². The summed E-state index contributed by atoms with van der Waals surface area (Å²) in [6.07, 6.45) is 7.90. The predicted octanol–water partition coefficient (Wildman–Crippen LogP) is 5.04. The van der Waals surface area contributed by atoms with Crippen LogP contribution in [0.25, 0.3) is 0 Å². The minimum atomic E-state index is -3.83. The summed E-state index contributed by atoms with van der Waals surface area (Å²) in [6, 6.07) is 9.56. The van der Waals surface area contributed by atoms with Gasteiger partial charge in [-0.2, -0.15) is 0 Å². The Labute approximate surface area is 155 Å². The summed E-state index contributed by atoms with van der Waals surface area (Å²) < 4.78 is 26.1. The Morgan fingerprint density at radius 2 is 1.84 bits per heavy atom. The van der Waals surface area contributed by atoms with Crippen LogP contribution in [0.15, 0.2) is 74.2 Å². The minimum Gasteiger partial charge on any atom is -0.289 e. The van der Waals surface area contributed by atoms with Gasteiger partial charge in [-0.15, -0.1) is 0 Å². The summed E-state index contributed by atoms with van der Waals surface area (Å²) in [7, 11) is -3.83. The van der Waals surface area contributed by atoms with Crippen molar-refractivity contribution in [3.8, 4) is 0 Å². The lowest BCUT2D eigenvalue weighted by atomic mass is 10.0. The molecule has 0 unspecified atom stereocenters. The van der Waals surface area contributed by atoms with E-state index in [1.165, 1.54) is 23.9 Å². The molecule has 1 aliphatic carbocycles. The molecule has 2 aliphatic rings. The fourth-order valence-electron chi connectivity index (χ4n) is 3.01. The highest BCUT2D eigenvalue weighted by Crippen LogP contribution is 2.44. The third-order valence-corrected chi connectivity index (χ3v) is 7.89. The summed E-state index contributed by atoms with van der Waals surface area (Å²) in [5.41, 5.74) is 0.345. The zero-order valence-electron chi connectivity index (χ0n) is 13.0. The van der Waals surface area contributed by atoms with E-state index in [2.05, 4.69) is 6.08 Å². The molecule has 0 N–H and O–H groups in total. The molecule has 2 aromatic rings. The van der Waals surface area contributed by atoms with E-state index in [-0.39, 0.29) is 31.7 Å². The van der Waals surface area contributed by atoms with Gasteiger partial charge in [0.05, 0.1) is 9.92 Å². The molecule has 0 spiro atoms. The molecule has 1 heterocycles. The average molecular weight is 389 g/mol. The van der Waals surface area contributed by atoms with E-state index < -0.39 is 9.84 Å². The van der Waals surface area contributed by atoms with Crippen molar-refractivity contribution in [3.63, 3.8) is 0 Å². The summed E-state index contributed by atoms with van der Waals surface area (Å²) in [5.74, 6) is -0.307. The minimum absolute atomic E-state index is 0.0244. The molecule has 3 nitrogen and oxygen atoms in total. The number of sulfone groups is 1. The van der Waals surface area contributed by atoms with Crippen LogP contribution < -0.4 is 0 Å². The largest absolute Gasteiger partial charge is 0.289 e. The summed E-state index contributed by atoms with van der Waals surface area (Å²) in [4.78, 5) is 14.4. The van der Waals surface area contributed by atoms with Gasteiger partial charge in [0, 0.05) is 16.0 Å². The second-order valence-corrected chi connectivity index (χ2v) is 9.19. The molecule has 0 saturated carbocycles. The van der Waals surface area contributed by atoms with E-state index in [9.17, 15) is 13.2 Å². The molecule has 1 aliphatic heterocycles. The highest BCUT2D eigenvalue weighted by Gasteiger charge is 2.37. The third-order valence-electron chi connectivity index (χ3n) is 4.21. The van der Waals surface area contributed by atoms with Crippen molar-refractivity contribution < 1.29 is 13.2 Å². The molecule has 2 aromatic carbocycles. The van der Waals surface area contributed by atoms with Crippen LogP contribution in [-0.4, -0.2) is 14.2 Å². The molecule has 0 atom stereocenters.